The molecule has 0 bridgehead atoms. The van der Waals surface area contributed by atoms with Crippen LogP contribution in [0.25, 0.3) is 39.0 Å². The van der Waals surface area contributed by atoms with Crippen LogP contribution in [0.5, 0.6) is 5.75 Å². The van der Waals surface area contributed by atoms with Crippen LogP contribution in [-0.4, -0.2) is 63.0 Å². The van der Waals surface area contributed by atoms with E-state index in [1.807, 2.05) is 72.8 Å². The molecule has 2 aliphatic heterocycles. The van der Waals surface area contributed by atoms with E-state index in [4.69, 9.17) is 9.15 Å². The second-order valence-electron chi connectivity index (χ2n) is 23.7. The highest BCUT2D eigenvalue weighted by Crippen LogP contribution is 2.48. The summed E-state index contributed by atoms with van der Waals surface area (Å²) in [4.78, 5) is 6.23. The Morgan fingerprint density at radius 2 is 1.05 bits per heavy atom. The lowest BCUT2D eigenvalue weighted by Gasteiger charge is -2.33. The highest BCUT2D eigenvalue weighted by atomic mass is 32.2. The van der Waals surface area contributed by atoms with E-state index >= 15 is 0 Å². The number of aromatic hydroxyl groups is 1. The molecule has 91 heavy (non-hydrogen) atoms. The molecule has 0 saturated carbocycles. The number of benzene rings is 9. The fraction of sp³-hybridized carbons (Fsp3) is 0.208. The molecule has 14 heteroatoms. The smallest absolute Gasteiger partial charge is 0.265 e. The monoisotopic (exact) mass is 1250 g/mol. The third kappa shape index (κ3) is 11.7. The second kappa shape index (κ2) is 24.8. The van der Waals surface area contributed by atoms with Crippen molar-refractivity contribution in [3.05, 3.63) is 266 Å². The molecule has 2 aliphatic carbocycles. The molecule has 1 atom stereocenters. The number of hydrogen-bond acceptors (Lipinski definition) is 10. The van der Waals surface area contributed by atoms with Crippen LogP contribution >= 0.6 is 0 Å². The molecule has 12 nitrogen and oxygen atoms in total. The van der Waals surface area contributed by atoms with Crippen molar-refractivity contribution >= 4 is 70.9 Å². The largest absolute Gasteiger partial charge is 0.744 e. The van der Waals surface area contributed by atoms with E-state index < -0.39 is 26.3 Å². The molecule has 0 radical (unpaired) electrons. The SMILES string of the molecule is CCN(C1=CC2[OH+]c3cc(N(CC)c4c(C)cc(Cc5cc(C)c([N+](CC)=c6ccc7c(-c8ccccc8S(=O)(=O)[O-])c8ccc(N(CC)c9c(C)cccc9C)cc8oc-7c6)c(C)c5)cc4C)ccc3C(c3ccccc3S(=O)(=O)[O-])=C2C=C1)c1ccccc1. The molecule has 1 unspecified atom stereocenters. The van der Waals surface area contributed by atoms with Gasteiger partial charge >= 0.3 is 0 Å². The zero-order valence-corrected chi connectivity index (χ0v) is 54.6. The summed E-state index contributed by atoms with van der Waals surface area (Å²) < 4.78 is 92.1. The molecular weight excluding hydrogens is 1170 g/mol. The molecule has 462 valence electrons. The summed E-state index contributed by atoms with van der Waals surface area (Å²) in [6.07, 6.45) is 6.43. The van der Waals surface area contributed by atoms with Gasteiger partial charge in [0.05, 0.1) is 38.7 Å². The van der Waals surface area contributed by atoms with Crippen molar-refractivity contribution in [2.45, 2.75) is 91.6 Å². The first-order valence-corrected chi connectivity index (χ1v) is 33.9. The van der Waals surface area contributed by atoms with E-state index in [1.54, 1.807) is 36.4 Å². The van der Waals surface area contributed by atoms with Gasteiger partial charge in [-0.2, -0.15) is 4.58 Å². The van der Waals surface area contributed by atoms with Gasteiger partial charge in [-0.05, 0) is 188 Å². The Bertz CT molecular complexity index is 4860. The molecule has 0 fully saturated rings. The normalized spacial score (nSPS) is 14.2. The van der Waals surface area contributed by atoms with Crippen LogP contribution in [0, 0.1) is 41.5 Å². The number of likely N-dealkylation sites (N-methyl/N-ethyl adjacent to an activating group) is 1. The predicted molar refractivity (Wildman–Crippen MR) is 367 cm³/mol. The highest BCUT2D eigenvalue weighted by molar-refractivity contribution is 7.86. The van der Waals surface area contributed by atoms with Crippen LogP contribution in [0.4, 0.5) is 34.1 Å². The van der Waals surface area contributed by atoms with Crippen molar-refractivity contribution in [3.63, 3.8) is 0 Å². The zero-order chi connectivity index (χ0) is 64.2. The predicted octanol–water partition coefficient (Wildman–Crippen LogP) is 16.3. The lowest BCUT2D eigenvalue weighted by Crippen LogP contribution is -2.28. The number of rotatable bonds is 17. The fourth-order valence-corrected chi connectivity index (χ4v) is 15.5. The molecule has 0 aromatic heterocycles. The maximum atomic E-state index is 12.9. The van der Waals surface area contributed by atoms with Gasteiger partial charge in [-0.25, -0.2) is 16.8 Å². The zero-order valence-electron chi connectivity index (χ0n) is 53.0. The number of allylic oxidation sites excluding steroid dienone is 1. The van der Waals surface area contributed by atoms with Crippen molar-refractivity contribution < 1.29 is 35.1 Å². The minimum Gasteiger partial charge on any atom is -0.744 e. The third-order valence-corrected chi connectivity index (χ3v) is 19.6. The number of anilines is 5. The van der Waals surface area contributed by atoms with Gasteiger partial charge in [0, 0.05) is 111 Å². The number of para-hydroxylation sites is 2. The average molecular weight is 1250 g/mol. The summed E-state index contributed by atoms with van der Waals surface area (Å²) in [7, 11) is -9.69. The topological polar surface area (TPSA) is 153 Å². The van der Waals surface area contributed by atoms with Crippen LogP contribution in [0.15, 0.2) is 220 Å². The van der Waals surface area contributed by atoms with Crippen LogP contribution in [0.1, 0.15) is 83.3 Å². The standard InChI is InChI=1S/C77H74N4O8S2/c1-11-78(56-25-16-15-17-26-56)57-31-35-61-67(44-57)88-69-46-59(33-37-63(69)73(61)65-27-18-20-29-71(65)90(82,83)84)80(13-3)76-50(7)39-54(40-51(76)8)43-55-41-52(9)77(53(10)42-55)81(14-4)60-34-38-64-70(47-60)89-68-45-58(79(12-2)75-48(5)23-22-24-49(75)6)32-36-62(68)74(64)66-28-19-21-30-72(66)91(85,86)87/h15-42,44-47,67H,11-14,43H2,1-10H3,(H-,82,83,84,85,86,87). The summed E-state index contributed by atoms with van der Waals surface area (Å²) in [5.74, 6) is 1.25. The Morgan fingerprint density at radius 1 is 0.505 bits per heavy atom. The van der Waals surface area contributed by atoms with E-state index in [1.165, 1.54) is 23.3 Å². The van der Waals surface area contributed by atoms with Crippen molar-refractivity contribution in [2.75, 3.05) is 40.9 Å². The van der Waals surface area contributed by atoms with E-state index in [0.717, 1.165) is 89.7 Å². The van der Waals surface area contributed by atoms with Crippen LogP contribution in [-0.2, 0) is 26.7 Å². The number of nitrogens with zero attached hydrogens (tertiary/aromatic N) is 4. The third-order valence-electron chi connectivity index (χ3n) is 17.8. The molecule has 2 heterocycles. The summed E-state index contributed by atoms with van der Waals surface area (Å²) in [5.41, 5.74) is 21.0. The van der Waals surface area contributed by atoms with Crippen molar-refractivity contribution in [2.24, 2.45) is 0 Å². The number of ether oxygens (including phenoxy) is 1. The van der Waals surface area contributed by atoms with Crippen molar-refractivity contribution in [3.8, 4) is 28.2 Å². The second-order valence-corrected chi connectivity index (χ2v) is 26.4. The van der Waals surface area contributed by atoms with Gasteiger partial charge in [0.25, 0.3) is 5.75 Å². The Hall–Kier alpha value is -9.31. The Kier molecular flexibility index (Phi) is 16.9. The Labute approximate surface area is 534 Å². The van der Waals surface area contributed by atoms with E-state index in [2.05, 4.69) is 161 Å². The molecular formula is C77H74N4O8S2. The molecule has 1 N–H and O–H groups in total. The van der Waals surface area contributed by atoms with Gasteiger partial charge in [0.15, 0.2) is 0 Å². The minimum atomic E-state index is -4.86. The van der Waals surface area contributed by atoms with Gasteiger partial charge in [-0.15, -0.1) is 0 Å². The van der Waals surface area contributed by atoms with E-state index in [0.29, 0.717) is 82.9 Å². The first kappa shape index (κ1) is 61.9. The minimum absolute atomic E-state index is 0.267. The maximum absolute atomic E-state index is 12.9. The Balaban J connectivity index is 0.885. The maximum Gasteiger partial charge on any atom is 0.265 e. The molecule has 0 amide bonds. The molecule has 12 rings (SSSR count). The van der Waals surface area contributed by atoms with Gasteiger partial charge in [-0.3, -0.25) is 0 Å². The lowest BCUT2D eigenvalue weighted by atomic mass is 9.85. The Morgan fingerprint density at radius 3 is 1.67 bits per heavy atom. The first-order chi connectivity index (χ1) is 43.7. The molecule has 4 aliphatic rings. The number of aliphatic hydroxyl groups is 1. The summed E-state index contributed by atoms with van der Waals surface area (Å²) in [5, 5.41) is 1.58. The van der Waals surface area contributed by atoms with Crippen LogP contribution < -0.4 is 24.6 Å². The summed E-state index contributed by atoms with van der Waals surface area (Å²) in [6, 6.07) is 56.6. The molecule has 0 spiro atoms. The van der Waals surface area contributed by atoms with Crippen molar-refractivity contribution in [1.82, 2.24) is 4.58 Å². The van der Waals surface area contributed by atoms with Gasteiger partial charge < -0.3 is 33.0 Å². The average Bonchev–Trinajstić information content (AvgIpc) is 0.785. The van der Waals surface area contributed by atoms with Crippen LogP contribution in [0.3, 0.4) is 0 Å². The van der Waals surface area contributed by atoms with E-state index in [-0.39, 0.29) is 9.79 Å². The number of fused-ring (bicyclic) bond motifs is 4. The highest BCUT2D eigenvalue weighted by Gasteiger charge is 2.36. The fourth-order valence-electron chi connectivity index (χ4n) is 14.1. The lowest BCUT2D eigenvalue weighted by molar-refractivity contribution is 0.0377. The summed E-state index contributed by atoms with van der Waals surface area (Å²) in [6.45, 7) is 24.0. The van der Waals surface area contributed by atoms with Gasteiger partial charge in [0.1, 0.15) is 38.1 Å². The molecule has 8 aromatic rings. The van der Waals surface area contributed by atoms with E-state index in [9.17, 15) is 25.9 Å². The first-order valence-electron chi connectivity index (χ1n) is 31.0. The summed E-state index contributed by atoms with van der Waals surface area (Å²) >= 11 is 0. The number of hydrogen-bond donors (Lipinski definition) is 0. The van der Waals surface area contributed by atoms with Gasteiger partial charge in [-0.1, -0.05) is 84.9 Å². The molecule has 8 aromatic carbocycles. The van der Waals surface area contributed by atoms with Crippen molar-refractivity contribution in [1.29, 1.82) is 0 Å². The van der Waals surface area contributed by atoms with Gasteiger partial charge in [0.2, 0.25) is 17.1 Å². The molecule has 0 saturated heterocycles. The quantitative estimate of drug-likeness (QED) is 0.0373. The van der Waals surface area contributed by atoms with Crippen LogP contribution in [0.2, 0.25) is 0 Å². The number of aryl methyl sites for hydroxylation is 6.